The number of carbonyl (C=O) groups excluding carboxylic acids is 1. The van der Waals surface area contributed by atoms with E-state index in [0.717, 1.165) is 30.9 Å². The number of rotatable bonds is 5. The predicted molar refractivity (Wildman–Crippen MR) is 98.5 cm³/mol. The fourth-order valence-corrected chi connectivity index (χ4v) is 3.13. The molecule has 0 aliphatic carbocycles. The van der Waals surface area contributed by atoms with Crippen molar-refractivity contribution in [3.05, 3.63) is 46.7 Å². The molecule has 1 atom stereocenters. The van der Waals surface area contributed by atoms with Crippen LogP contribution in [0.3, 0.4) is 0 Å². The van der Waals surface area contributed by atoms with Crippen molar-refractivity contribution in [2.24, 2.45) is 5.92 Å². The Hall–Kier alpha value is -1.56. The third-order valence-electron chi connectivity index (χ3n) is 4.31. The van der Waals surface area contributed by atoms with Gasteiger partial charge in [0.2, 0.25) is 0 Å². The van der Waals surface area contributed by atoms with Crippen molar-refractivity contribution in [2.75, 3.05) is 19.6 Å². The molecule has 5 nitrogen and oxygen atoms in total. The molecule has 0 radical (unpaired) electrons. The lowest BCUT2D eigenvalue weighted by Crippen LogP contribution is -2.26. The number of nitrogens with one attached hydrogen (secondary N) is 2. The molecule has 130 valence electrons. The zero-order valence-corrected chi connectivity index (χ0v) is 15.2. The monoisotopic (exact) mass is 368 g/mol. The van der Waals surface area contributed by atoms with Crippen molar-refractivity contribution in [3.8, 4) is 5.69 Å². The molecule has 2 N–H and O–H groups in total. The van der Waals surface area contributed by atoms with Gasteiger partial charge in [-0.25, -0.2) is 4.68 Å². The molecule has 0 saturated carbocycles. The van der Waals surface area contributed by atoms with Gasteiger partial charge in [0, 0.05) is 11.6 Å². The summed E-state index contributed by atoms with van der Waals surface area (Å²) in [5.41, 5.74) is 2.27. The Morgan fingerprint density at radius 3 is 3.04 bits per heavy atom. The summed E-state index contributed by atoms with van der Waals surface area (Å²) >= 11 is 6.02. The van der Waals surface area contributed by atoms with Crippen molar-refractivity contribution < 1.29 is 4.79 Å². The van der Waals surface area contributed by atoms with E-state index in [0.29, 0.717) is 23.0 Å². The molecule has 1 aromatic carbocycles. The second-order valence-corrected chi connectivity index (χ2v) is 6.38. The van der Waals surface area contributed by atoms with E-state index < -0.39 is 0 Å². The maximum atomic E-state index is 12.3. The van der Waals surface area contributed by atoms with E-state index in [2.05, 4.69) is 15.7 Å². The van der Waals surface area contributed by atoms with Crippen molar-refractivity contribution in [1.82, 2.24) is 20.4 Å². The summed E-state index contributed by atoms with van der Waals surface area (Å²) in [4.78, 5) is 12.3. The van der Waals surface area contributed by atoms with Crippen LogP contribution in [0.5, 0.6) is 0 Å². The highest BCUT2D eigenvalue weighted by Gasteiger charge is 2.17. The van der Waals surface area contributed by atoms with Gasteiger partial charge in [0.1, 0.15) is 0 Å². The largest absolute Gasteiger partial charge is 0.352 e. The highest BCUT2D eigenvalue weighted by atomic mass is 35.5. The van der Waals surface area contributed by atoms with Crippen LogP contribution in [0, 0.1) is 12.8 Å². The maximum absolute atomic E-state index is 12.3. The first-order chi connectivity index (χ1) is 11.1. The Morgan fingerprint density at radius 1 is 1.50 bits per heavy atom. The van der Waals surface area contributed by atoms with Gasteiger partial charge < -0.3 is 10.6 Å². The second kappa shape index (κ2) is 8.51. The molecule has 1 aliphatic heterocycles. The normalized spacial score (nSPS) is 16.7. The standard InChI is InChI=1S/C17H21ClN4O.ClH/c1-12-16(17(23)20-8-6-13-5-7-19-10-13)11-21-22(12)15-4-2-3-14(18)9-15;/h2-4,9,11,13,19H,5-8,10H2,1H3,(H,20,23);1H. The van der Waals surface area contributed by atoms with Gasteiger partial charge in [-0.15, -0.1) is 12.4 Å². The van der Waals surface area contributed by atoms with Gasteiger partial charge in [-0.05, 0) is 57.0 Å². The van der Waals surface area contributed by atoms with E-state index in [1.165, 1.54) is 6.42 Å². The number of hydrogen-bond acceptors (Lipinski definition) is 3. The molecule has 1 fully saturated rings. The molecular formula is C17H22Cl2N4O. The van der Waals surface area contributed by atoms with Crippen molar-refractivity contribution in [3.63, 3.8) is 0 Å². The van der Waals surface area contributed by atoms with E-state index in [4.69, 9.17) is 11.6 Å². The SMILES string of the molecule is Cc1c(C(=O)NCCC2CCNC2)cnn1-c1cccc(Cl)c1.Cl. The summed E-state index contributed by atoms with van der Waals surface area (Å²) in [6, 6.07) is 7.43. The van der Waals surface area contributed by atoms with Crippen molar-refractivity contribution in [2.45, 2.75) is 19.8 Å². The lowest BCUT2D eigenvalue weighted by atomic mass is 10.1. The number of halogens is 2. The Kier molecular flexibility index (Phi) is 6.66. The summed E-state index contributed by atoms with van der Waals surface area (Å²) < 4.78 is 1.74. The fraction of sp³-hybridized carbons (Fsp3) is 0.412. The average Bonchev–Trinajstić information content (AvgIpc) is 3.17. The summed E-state index contributed by atoms with van der Waals surface area (Å²) in [5.74, 6) is 0.604. The first-order valence-corrected chi connectivity index (χ1v) is 8.32. The predicted octanol–water partition coefficient (Wildman–Crippen LogP) is 2.99. The van der Waals surface area contributed by atoms with Crippen molar-refractivity contribution >= 4 is 29.9 Å². The highest BCUT2D eigenvalue weighted by molar-refractivity contribution is 6.30. The van der Waals surface area contributed by atoms with Gasteiger partial charge in [0.15, 0.2) is 0 Å². The van der Waals surface area contributed by atoms with Crippen LogP contribution in [0.25, 0.3) is 5.69 Å². The third-order valence-corrected chi connectivity index (χ3v) is 4.54. The van der Waals surface area contributed by atoms with Gasteiger partial charge in [-0.1, -0.05) is 17.7 Å². The lowest BCUT2D eigenvalue weighted by Gasteiger charge is -2.09. The van der Waals surface area contributed by atoms with Gasteiger partial charge in [-0.2, -0.15) is 5.10 Å². The first kappa shape index (κ1) is 18.8. The minimum Gasteiger partial charge on any atom is -0.352 e. The molecule has 1 aromatic heterocycles. The van der Waals surface area contributed by atoms with Crippen molar-refractivity contribution in [1.29, 1.82) is 0 Å². The van der Waals surface area contributed by atoms with Crippen LogP contribution in [0.15, 0.2) is 30.5 Å². The molecule has 1 aliphatic rings. The summed E-state index contributed by atoms with van der Waals surface area (Å²) in [6.07, 6.45) is 3.82. The number of aromatic nitrogens is 2. The van der Waals surface area contributed by atoms with E-state index in [9.17, 15) is 4.79 Å². The molecule has 1 saturated heterocycles. The van der Waals surface area contributed by atoms with Crippen LogP contribution >= 0.6 is 24.0 Å². The zero-order chi connectivity index (χ0) is 16.2. The van der Waals surface area contributed by atoms with Crippen LogP contribution in [0.4, 0.5) is 0 Å². The number of amides is 1. The summed E-state index contributed by atoms with van der Waals surface area (Å²) in [6.45, 7) is 4.74. The van der Waals surface area contributed by atoms with Gasteiger partial charge >= 0.3 is 0 Å². The lowest BCUT2D eigenvalue weighted by molar-refractivity contribution is 0.0951. The molecule has 1 amide bonds. The average molecular weight is 369 g/mol. The molecule has 2 aromatic rings. The molecule has 7 heteroatoms. The smallest absolute Gasteiger partial charge is 0.254 e. The first-order valence-electron chi connectivity index (χ1n) is 7.94. The van der Waals surface area contributed by atoms with E-state index >= 15 is 0 Å². The topological polar surface area (TPSA) is 59.0 Å². The third kappa shape index (κ3) is 4.29. The second-order valence-electron chi connectivity index (χ2n) is 5.94. The zero-order valence-electron chi connectivity index (χ0n) is 13.6. The molecule has 0 bridgehead atoms. The molecule has 1 unspecified atom stereocenters. The Labute approximate surface area is 153 Å². The van der Waals surface area contributed by atoms with Crippen LogP contribution in [0.2, 0.25) is 5.02 Å². The maximum Gasteiger partial charge on any atom is 0.254 e. The van der Waals surface area contributed by atoms with Gasteiger partial charge in [0.05, 0.1) is 23.1 Å². The number of carbonyl (C=O) groups is 1. The van der Waals surface area contributed by atoms with Crippen LogP contribution in [-0.4, -0.2) is 35.3 Å². The fourth-order valence-electron chi connectivity index (χ4n) is 2.95. The quantitative estimate of drug-likeness (QED) is 0.852. The molecule has 24 heavy (non-hydrogen) atoms. The van der Waals surface area contributed by atoms with E-state index in [1.807, 2.05) is 31.2 Å². The molecule has 3 rings (SSSR count). The van der Waals surface area contributed by atoms with E-state index in [-0.39, 0.29) is 18.3 Å². The Bertz CT molecular complexity index is 696. The minimum absolute atomic E-state index is 0. The summed E-state index contributed by atoms with van der Waals surface area (Å²) in [5, 5.41) is 11.3. The molecule has 0 spiro atoms. The molecule has 2 heterocycles. The van der Waals surface area contributed by atoms with E-state index in [1.54, 1.807) is 10.9 Å². The Balaban J connectivity index is 0.00000208. The minimum atomic E-state index is -0.0678. The Morgan fingerprint density at radius 2 is 2.33 bits per heavy atom. The van der Waals surface area contributed by atoms with Gasteiger partial charge in [0.25, 0.3) is 5.91 Å². The molecular weight excluding hydrogens is 347 g/mol. The van der Waals surface area contributed by atoms with Gasteiger partial charge in [-0.3, -0.25) is 4.79 Å². The van der Waals surface area contributed by atoms with Crippen LogP contribution < -0.4 is 10.6 Å². The number of hydrogen-bond donors (Lipinski definition) is 2. The highest BCUT2D eigenvalue weighted by Crippen LogP contribution is 2.18. The van der Waals surface area contributed by atoms with Crippen LogP contribution in [-0.2, 0) is 0 Å². The number of benzene rings is 1. The van der Waals surface area contributed by atoms with Crippen LogP contribution in [0.1, 0.15) is 28.9 Å². The summed E-state index contributed by atoms with van der Waals surface area (Å²) in [7, 11) is 0. The number of nitrogens with zero attached hydrogens (tertiary/aromatic N) is 2.